The van der Waals surface area contributed by atoms with Crippen LogP contribution >= 0.6 is 0 Å². The average Bonchev–Trinajstić information content (AvgIpc) is 2.31. The third-order valence-corrected chi connectivity index (χ3v) is 3.06. The van der Waals surface area contributed by atoms with Crippen molar-refractivity contribution in [3.8, 4) is 0 Å². The fourth-order valence-corrected chi connectivity index (χ4v) is 1.99. The lowest BCUT2D eigenvalue weighted by molar-refractivity contribution is -0.296. The van der Waals surface area contributed by atoms with Crippen LogP contribution in [0.25, 0.3) is 0 Å². The van der Waals surface area contributed by atoms with Crippen molar-refractivity contribution in [1.29, 1.82) is 0 Å². The van der Waals surface area contributed by atoms with Crippen molar-refractivity contribution < 1.29 is 19.7 Å². The zero-order valence-electron chi connectivity index (χ0n) is 11.3. The molecule has 0 aliphatic rings. The van der Waals surface area contributed by atoms with Gasteiger partial charge in [0.25, 0.3) is 0 Å². The van der Waals surface area contributed by atoms with Crippen molar-refractivity contribution in [3.05, 3.63) is 0 Å². The Morgan fingerprint density at radius 3 is 2.18 bits per heavy atom. The summed E-state index contributed by atoms with van der Waals surface area (Å²) in [6.07, 6.45) is 5.90. The van der Waals surface area contributed by atoms with Gasteiger partial charge in [-0.05, 0) is 18.8 Å². The number of carbonyl (C=O) groups is 1. The van der Waals surface area contributed by atoms with E-state index in [0.717, 1.165) is 44.9 Å². The van der Waals surface area contributed by atoms with E-state index in [1.54, 1.807) is 0 Å². The van der Waals surface area contributed by atoms with Gasteiger partial charge in [0.05, 0.1) is 0 Å². The summed E-state index contributed by atoms with van der Waals surface area (Å²) in [5.41, 5.74) is 0. The smallest absolute Gasteiger partial charge is 0.448 e. The van der Waals surface area contributed by atoms with Crippen molar-refractivity contribution in [2.75, 3.05) is 0 Å². The fraction of sp³-hybridized carbons (Fsp3) is 0.923. The van der Waals surface area contributed by atoms with Crippen LogP contribution in [0.3, 0.4) is 0 Å². The topological polar surface area (TPSA) is 55.8 Å². The fourth-order valence-electron chi connectivity index (χ4n) is 1.99. The number of rotatable bonds is 10. The first kappa shape index (κ1) is 16.2. The standard InChI is InChI=1S/C13H26O4/c1-4-7-9-11(6-3)12(10-8-5-2)16-17-13(14)15/h11-12H,4-10H2,1-3H3,(H,14,15). The number of hydrogen-bond donors (Lipinski definition) is 1. The van der Waals surface area contributed by atoms with Crippen LogP contribution < -0.4 is 0 Å². The molecular formula is C13H26O4. The maximum absolute atomic E-state index is 10.4. The number of carboxylic acid groups (broad SMARTS) is 1. The van der Waals surface area contributed by atoms with Gasteiger partial charge in [0.15, 0.2) is 0 Å². The van der Waals surface area contributed by atoms with E-state index in [4.69, 9.17) is 9.99 Å². The highest BCUT2D eigenvalue weighted by Crippen LogP contribution is 2.23. The molecule has 2 unspecified atom stereocenters. The Kier molecular flexibility index (Phi) is 9.92. The molecule has 0 aliphatic heterocycles. The van der Waals surface area contributed by atoms with Crippen LogP contribution in [0.2, 0.25) is 0 Å². The van der Waals surface area contributed by atoms with E-state index >= 15 is 0 Å². The summed E-state index contributed by atoms with van der Waals surface area (Å²) in [6, 6.07) is 0. The highest BCUT2D eigenvalue weighted by molar-refractivity contribution is 5.55. The Labute approximate surface area is 104 Å². The van der Waals surface area contributed by atoms with Crippen LogP contribution in [0.4, 0.5) is 4.79 Å². The van der Waals surface area contributed by atoms with Gasteiger partial charge < -0.3 is 5.11 Å². The Hall–Kier alpha value is -0.770. The molecule has 4 heteroatoms. The molecule has 2 atom stereocenters. The molecule has 0 aliphatic carbocycles. The number of unbranched alkanes of at least 4 members (excludes halogenated alkanes) is 2. The molecule has 0 spiro atoms. The van der Waals surface area contributed by atoms with E-state index < -0.39 is 6.16 Å². The molecule has 0 amide bonds. The normalized spacial score (nSPS) is 14.3. The molecule has 0 rings (SSSR count). The first-order valence-corrected chi connectivity index (χ1v) is 6.71. The molecule has 4 nitrogen and oxygen atoms in total. The van der Waals surface area contributed by atoms with Gasteiger partial charge in [0.1, 0.15) is 6.10 Å². The lowest BCUT2D eigenvalue weighted by Crippen LogP contribution is -2.25. The van der Waals surface area contributed by atoms with Gasteiger partial charge in [-0.3, -0.25) is 4.89 Å². The second-order valence-corrected chi connectivity index (χ2v) is 4.44. The van der Waals surface area contributed by atoms with Gasteiger partial charge in [-0.25, -0.2) is 4.79 Å². The first-order valence-electron chi connectivity index (χ1n) is 6.71. The molecule has 0 fully saturated rings. The van der Waals surface area contributed by atoms with Crippen LogP contribution in [-0.4, -0.2) is 17.4 Å². The Balaban J connectivity index is 4.22. The molecule has 0 saturated heterocycles. The van der Waals surface area contributed by atoms with Gasteiger partial charge in [-0.1, -0.05) is 52.9 Å². The Bertz CT molecular complexity index is 194. The minimum absolute atomic E-state index is 0.0948. The summed E-state index contributed by atoms with van der Waals surface area (Å²) in [5.74, 6) is 0.390. The molecule has 0 radical (unpaired) electrons. The summed E-state index contributed by atoms with van der Waals surface area (Å²) in [5, 5.41) is 8.47. The maximum atomic E-state index is 10.4. The lowest BCUT2D eigenvalue weighted by atomic mass is 9.90. The second-order valence-electron chi connectivity index (χ2n) is 4.44. The molecular weight excluding hydrogens is 220 g/mol. The van der Waals surface area contributed by atoms with Crippen molar-refractivity contribution in [2.45, 2.75) is 71.8 Å². The summed E-state index contributed by atoms with van der Waals surface area (Å²) in [4.78, 5) is 19.7. The van der Waals surface area contributed by atoms with Gasteiger partial charge in [-0.2, -0.15) is 4.89 Å². The van der Waals surface area contributed by atoms with Crippen molar-refractivity contribution in [1.82, 2.24) is 0 Å². The van der Waals surface area contributed by atoms with E-state index in [-0.39, 0.29) is 6.10 Å². The van der Waals surface area contributed by atoms with E-state index in [9.17, 15) is 4.79 Å². The van der Waals surface area contributed by atoms with Gasteiger partial charge in [-0.15, -0.1) is 0 Å². The van der Waals surface area contributed by atoms with E-state index in [0.29, 0.717) is 5.92 Å². The average molecular weight is 246 g/mol. The molecule has 0 aromatic rings. The lowest BCUT2D eigenvalue weighted by Gasteiger charge is -2.24. The molecule has 1 N–H and O–H groups in total. The van der Waals surface area contributed by atoms with Crippen LogP contribution in [0.15, 0.2) is 0 Å². The molecule has 0 aromatic carbocycles. The number of hydrogen-bond acceptors (Lipinski definition) is 3. The van der Waals surface area contributed by atoms with Crippen LogP contribution in [0, 0.1) is 5.92 Å². The molecule has 0 saturated carbocycles. The summed E-state index contributed by atoms with van der Waals surface area (Å²) in [7, 11) is 0. The molecule has 0 bridgehead atoms. The third kappa shape index (κ3) is 8.02. The maximum Gasteiger partial charge on any atom is 0.537 e. The predicted molar refractivity (Wildman–Crippen MR) is 66.8 cm³/mol. The van der Waals surface area contributed by atoms with E-state index in [1.807, 2.05) is 0 Å². The zero-order valence-corrected chi connectivity index (χ0v) is 11.3. The van der Waals surface area contributed by atoms with Crippen LogP contribution in [0.5, 0.6) is 0 Å². The minimum Gasteiger partial charge on any atom is -0.448 e. The Morgan fingerprint density at radius 2 is 1.71 bits per heavy atom. The monoisotopic (exact) mass is 246 g/mol. The molecule has 0 heterocycles. The van der Waals surface area contributed by atoms with Crippen LogP contribution in [0.1, 0.15) is 65.7 Å². The molecule has 0 aromatic heterocycles. The van der Waals surface area contributed by atoms with Gasteiger partial charge >= 0.3 is 6.16 Å². The summed E-state index contributed by atoms with van der Waals surface area (Å²) >= 11 is 0. The zero-order chi connectivity index (χ0) is 13.1. The van der Waals surface area contributed by atoms with Crippen molar-refractivity contribution >= 4 is 6.16 Å². The van der Waals surface area contributed by atoms with Crippen LogP contribution in [-0.2, 0) is 9.78 Å². The highest BCUT2D eigenvalue weighted by Gasteiger charge is 2.22. The van der Waals surface area contributed by atoms with Crippen molar-refractivity contribution in [2.24, 2.45) is 5.92 Å². The highest BCUT2D eigenvalue weighted by atomic mass is 17.2. The second kappa shape index (κ2) is 10.4. The van der Waals surface area contributed by atoms with E-state index in [2.05, 4.69) is 25.7 Å². The molecule has 17 heavy (non-hydrogen) atoms. The predicted octanol–water partition coefficient (Wildman–Crippen LogP) is 4.39. The molecule has 102 valence electrons. The largest absolute Gasteiger partial charge is 0.537 e. The van der Waals surface area contributed by atoms with Crippen molar-refractivity contribution in [3.63, 3.8) is 0 Å². The SMILES string of the molecule is CCCCC(CC)C(CCCC)OOC(=O)O. The minimum atomic E-state index is -1.36. The third-order valence-electron chi connectivity index (χ3n) is 3.06. The van der Waals surface area contributed by atoms with Gasteiger partial charge in [0, 0.05) is 0 Å². The van der Waals surface area contributed by atoms with Gasteiger partial charge in [0.2, 0.25) is 0 Å². The Morgan fingerprint density at radius 1 is 1.12 bits per heavy atom. The quantitative estimate of drug-likeness (QED) is 0.459. The first-order chi connectivity index (χ1) is 8.15. The summed E-state index contributed by atoms with van der Waals surface area (Å²) in [6.45, 7) is 6.38. The van der Waals surface area contributed by atoms with E-state index in [1.165, 1.54) is 0 Å². The summed E-state index contributed by atoms with van der Waals surface area (Å²) < 4.78 is 0.